The van der Waals surface area contributed by atoms with Gasteiger partial charge in [0.2, 0.25) is 5.67 Å². The van der Waals surface area contributed by atoms with Crippen LogP contribution < -0.4 is 0 Å². The molecule has 1 saturated carbocycles. The lowest BCUT2D eigenvalue weighted by atomic mass is 9.63. The Kier molecular flexibility index (Phi) is 7.04. The van der Waals surface area contributed by atoms with E-state index in [9.17, 15) is 37.4 Å². The maximum atomic E-state index is 14.9. The van der Waals surface area contributed by atoms with Gasteiger partial charge in [0.25, 0.3) is 5.91 Å². The lowest BCUT2D eigenvalue weighted by molar-refractivity contribution is -0.228. The van der Waals surface area contributed by atoms with Gasteiger partial charge in [-0.2, -0.15) is 13.2 Å². The first-order chi connectivity index (χ1) is 18.7. The molecule has 2 aliphatic carbocycles. The van der Waals surface area contributed by atoms with Gasteiger partial charge in [-0.3, -0.25) is 9.59 Å². The number of hydrogen-bond acceptors (Lipinski definition) is 3. The van der Waals surface area contributed by atoms with E-state index in [0.29, 0.717) is 44.7 Å². The number of amides is 1. The molecule has 1 aliphatic heterocycles. The van der Waals surface area contributed by atoms with Gasteiger partial charge in [0.15, 0.2) is 0 Å². The summed E-state index contributed by atoms with van der Waals surface area (Å²) in [7, 11) is 0. The first-order valence-corrected chi connectivity index (χ1v) is 13.9. The highest BCUT2D eigenvalue weighted by Crippen LogP contribution is 2.52. The minimum atomic E-state index is -5.05. The quantitative estimate of drug-likeness (QED) is 0.454. The van der Waals surface area contributed by atoms with Crippen molar-refractivity contribution in [3.8, 4) is 0 Å². The van der Waals surface area contributed by atoms with Crippen LogP contribution in [0.5, 0.6) is 0 Å². The third-order valence-corrected chi connectivity index (χ3v) is 9.68. The van der Waals surface area contributed by atoms with Crippen LogP contribution in [0.25, 0.3) is 0 Å². The molecule has 3 atom stereocenters. The van der Waals surface area contributed by atoms with Crippen LogP contribution in [0.3, 0.4) is 0 Å². The molecule has 0 bridgehead atoms. The number of rotatable bonds is 5. The lowest BCUT2D eigenvalue weighted by Crippen LogP contribution is -2.56. The monoisotopic (exact) mass is 561 g/mol. The van der Waals surface area contributed by atoms with Gasteiger partial charge in [-0.15, -0.1) is 0 Å². The van der Waals surface area contributed by atoms with Crippen LogP contribution in [-0.4, -0.2) is 51.4 Å². The fraction of sp³-hybridized carbons (Fsp3) is 0.548. The van der Waals surface area contributed by atoms with Crippen molar-refractivity contribution < 1.29 is 37.4 Å². The number of hydrogen-bond donors (Lipinski definition) is 2. The summed E-state index contributed by atoms with van der Waals surface area (Å²) in [5.41, 5.74) is -2.59. The Morgan fingerprint density at radius 1 is 1.00 bits per heavy atom. The Labute approximate surface area is 231 Å². The first-order valence-electron chi connectivity index (χ1n) is 13.9. The zero-order valence-electron chi connectivity index (χ0n) is 22.7. The minimum Gasteiger partial charge on any atom is -0.481 e. The third kappa shape index (κ3) is 4.70. The number of aryl methyl sites for hydroxylation is 2. The van der Waals surface area contributed by atoms with E-state index in [1.807, 2.05) is 31.2 Å². The summed E-state index contributed by atoms with van der Waals surface area (Å²) in [6.45, 7) is 2.88. The van der Waals surface area contributed by atoms with Crippen molar-refractivity contribution in [3.05, 3.63) is 70.3 Å². The van der Waals surface area contributed by atoms with Gasteiger partial charge in [0, 0.05) is 18.0 Å². The molecule has 2 fully saturated rings. The molecule has 0 aromatic heterocycles. The average molecular weight is 562 g/mol. The summed E-state index contributed by atoms with van der Waals surface area (Å²) in [5, 5.41) is 20.7. The highest BCUT2D eigenvalue weighted by atomic mass is 19.4. The molecule has 1 unspecified atom stereocenters. The van der Waals surface area contributed by atoms with Crippen LogP contribution in [0.15, 0.2) is 42.5 Å². The van der Waals surface area contributed by atoms with Gasteiger partial charge in [-0.25, -0.2) is 4.39 Å². The van der Waals surface area contributed by atoms with Crippen molar-refractivity contribution in [3.63, 3.8) is 0 Å². The number of aliphatic hydroxyl groups is 1. The fourth-order valence-corrected chi connectivity index (χ4v) is 7.16. The van der Waals surface area contributed by atoms with E-state index in [1.165, 1.54) is 12.1 Å². The standard InChI is InChI=1S/C31H35F4NO4/c1-19-3-5-20(6-4-19)18-29-15-16-36(27(39)30(40)13-11-21(12-14-30)26(37)38)25(29)10-7-22-17-23(8-9-24(22)29)28(2,32)31(33,34)35/h3-6,8-9,17,21,25,40H,7,10-16,18H2,1-2H3,(H,37,38)/t21?,25-,28?,29-,30?/m1/s1. The van der Waals surface area contributed by atoms with E-state index in [2.05, 4.69) is 0 Å². The summed E-state index contributed by atoms with van der Waals surface area (Å²) in [6, 6.07) is 11.9. The molecular formula is C31H35F4NO4. The molecule has 1 amide bonds. The maximum Gasteiger partial charge on any atom is 0.426 e. The molecular weight excluding hydrogens is 526 g/mol. The minimum absolute atomic E-state index is 0.0729. The van der Waals surface area contributed by atoms with Crippen molar-refractivity contribution in [2.75, 3.05) is 6.54 Å². The summed E-state index contributed by atoms with van der Waals surface area (Å²) < 4.78 is 55.4. The molecule has 2 aromatic rings. The number of carbonyl (C=O) groups excluding carboxylic acids is 1. The molecule has 40 heavy (non-hydrogen) atoms. The number of carboxylic acid groups (broad SMARTS) is 1. The second-order valence-electron chi connectivity index (χ2n) is 12.1. The highest BCUT2D eigenvalue weighted by Gasteiger charge is 2.57. The number of benzene rings is 2. The lowest BCUT2D eigenvalue weighted by Gasteiger charge is -2.46. The van der Waals surface area contributed by atoms with Crippen LogP contribution in [0, 0.1) is 12.8 Å². The van der Waals surface area contributed by atoms with Crippen LogP contribution >= 0.6 is 0 Å². The topological polar surface area (TPSA) is 77.8 Å². The van der Waals surface area contributed by atoms with Crippen molar-refractivity contribution in [1.29, 1.82) is 0 Å². The number of carbonyl (C=O) groups is 2. The Bertz CT molecular complexity index is 1300. The Balaban J connectivity index is 1.52. The van der Waals surface area contributed by atoms with Crippen molar-refractivity contribution in [2.24, 2.45) is 5.92 Å². The zero-order valence-corrected chi connectivity index (χ0v) is 22.7. The molecule has 0 radical (unpaired) electrons. The van der Waals surface area contributed by atoms with E-state index < -0.39 is 46.2 Å². The van der Waals surface area contributed by atoms with Crippen LogP contribution in [0.4, 0.5) is 17.6 Å². The van der Waals surface area contributed by atoms with Crippen LogP contribution in [0.1, 0.15) is 73.3 Å². The molecule has 2 aromatic carbocycles. The largest absolute Gasteiger partial charge is 0.481 e. The van der Waals surface area contributed by atoms with Gasteiger partial charge in [-0.05, 0) is 87.5 Å². The molecule has 216 valence electrons. The molecule has 5 rings (SSSR count). The molecule has 2 N–H and O–H groups in total. The fourth-order valence-electron chi connectivity index (χ4n) is 7.16. The number of aliphatic carboxylic acids is 1. The smallest absolute Gasteiger partial charge is 0.426 e. The van der Waals surface area contributed by atoms with Gasteiger partial charge >= 0.3 is 12.1 Å². The van der Waals surface area contributed by atoms with E-state index in [4.69, 9.17) is 0 Å². The maximum absolute atomic E-state index is 14.9. The number of nitrogens with zero attached hydrogens (tertiary/aromatic N) is 1. The normalized spacial score (nSPS) is 29.8. The number of halogens is 4. The molecule has 1 saturated heterocycles. The Hall–Kier alpha value is -2.94. The number of fused-ring (bicyclic) bond motifs is 3. The molecule has 9 heteroatoms. The summed E-state index contributed by atoms with van der Waals surface area (Å²) >= 11 is 0. The second kappa shape index (κ2) is 9.86. The average Bonchev–Trinajstić information content (AvgIpc) is 3.28. The van der Waals surface area contributed by atoms with Crippen molar-refractivity contribution >= 4 is 11.9 Å². The van der Waals surface area contributed by atoms with Crippen molar-refractivity contribution in [1.82, 2.24) is 4.90 Å². The molecule has 3 aliphatic rings. The van der Waals surface area contributed by atoms with Crippen LogP contribution in [0.2, 0.25) is 0 Å². The Morgan fingerprint density at radius 3 is 2.25 bits per heavy atom. The second-order valence-corrected chi connectivity index (χ2v) is 12.1. The first kappa shape index (κ1) is 28.6. The predicted octanol–water partition coefficient (Wildman–Crippen LogP) is 5.78. The number of alkyl halides is 4. The third-order valence-electron chi connectivity index (χ3n) is 9.68. The van der Waals surface area contributed by atoms with E-state index in [0.717, 1.165) is 16.7 Å². The SMILES string of the molecule is Cc1ccc(C[C@@]23CCN(C(=O)C4(O)CCC(C(=O)O)CC4)[C@@H]2CCc2cc(C(C)(F)C(F)(F)F)ccc23)cc1. The van der Waals surface area contributed by atoms with Gasteiger partial charge in [0.1, 0.15) is 5.60 Å². The summed E-state index contributed by atoms with van der Waals surface area (Å²) in [4.78, 5) is 27.0. The van der Waals surface area contributed by atoms with Crippen molar-refractivity contribution in [2.45, 2.75) is 94.1 Å². The Morgan fingerprint density at radius 2 is 1.65 bits per heavy atom. The number of carboxylic acids is 1. The molecule has 5 nitrogen and oxygen atoms in total. The van der Waals surface area contributed by atoms with Gasteiger partial charge in [-0.1, -0.05) is 48.0 Å². The van der Waals surface area contributed by atoms with E-state index >= 15 is 0 Å². The molecule has 0 spiro atoms. The number of likely N-dealkylation sites (tertiary alicyclic amines) is 1. The zero-order chi connectivity index (χ0) is 29.1. The van der Waals surface area contributed by atoms with E-state index in [1.54, 1.807) is 11.0 Å². The van der Waals surface area contributed by atoms with Gasteiger partial charge < -0.3 is 15.1 Å². The predicted molar refractivity (Wildman–Crippen MR) is 141 cm³/mol. The highest BCUT2D eigenvalue weighted by molar-refractivity contribution is 5.86. The molecule has 1 heterocycles. The summed E-state index contributed by atoms with van der Waals surface area (Å²) in [6.07, 6.45) is -2.54. The van der Waals surface area contributed by atoms with Crippen LogP contribution in [-0.2, 0) is 33.5 Å². The van der Waals surface area contributed by atoms with Gasteiger partial charge in [0.05, 0.1) is 5.92 Å². The summed E-state index contributed by atoms with van der Waals surface area (Å²) in [5.74, 6) is -1.91. The van der Waals surface area contributed by atoms with E-state index in [-0.39, 0.29) is 31.7 Å².